The summed E-state index contributed by atoms with van der Waals surface area (Å²) < 4.78 is 1.89. The van der Waals surface area contributed by atoms with Crippen LogP contribution >= 0.6 is 27.5 Å². The van der Waals surface area contributed by atoms with Crippen LogP contribution in [0.4, 0.5) is 0 Å². The van der Waals surface area contributed by atoms with Crippen LogP contribution in [0.25, 0.3) is 10.9 Å². The molecule has 1 aliphatic rings. The van der Waals surface area contributed by atoms with Crippen molar-refractivity contribution in [2.45, 2.75) is 38.0 Å². The van der Waals surface area contributed by atoms with Crippen molar-refractivity contribution in [2.75, 3.05) is 0 Å². The molecule has 0 bridgehead atoms. The van der Waals surface area contributed by atoms with Gasteiger partial charge < -0.3 is 5.11 Å². The lowest BCUT2D eigenvalue weighted by atomic mass is 9.88. The SMILES string of the molecule is O=c1c2ccccc2nc(C2CCCCC2)n1N=Cc1cc(Cl)c(O)c(Br)c1. The van der Waals surface area contributed by atoms with Crippen LogP contribution in [-0.4, -0.2) is 21.0 Å². The Hall–Kier alpha value is -2.18. The summed E-state index contributed by atoms with van der Waals surface area (Å²) in [6.45, 7) is 0. The Bertz CT molecular complexity index is 1100. The fourth-order valence-electron chi connectivity index (χ4n) is 3.66. The normalized spacial score (nSPS) is 15.5. The van der Waals surface area contributed by atoms with Crippen LogP contribution in [-0.2, 0) is 0 Å². The van der Waals surface area contributed by atoms with Crippen molar-refractivity contribution in [3.8, 4) is 5.75 Å². The number of para-hydroxylation sites is 1. The quantitative estimate of drug-likeness (QED) is 0.529. The second-order valence-corrected chi connectivity index (χ2v) is 8.28. The van der Waals surface area contributed by atoms with Crippen molar-refractivity contribution >= 4 is 44.6 Å². The van der Waals surface area contributed by atoms with Crippen molar-refractivity contribution in [2.24, 2.45) is 5.10 Å². The molecule has 0 aliphatic heterocycles. The maximum absolute atomic E-state index is 13.1. The van der Waals surface area contributed by atoms with E-state index in [0.717, 1.165) is 25.7 Å². The Morgan fingerprint density at radius 1 is 1.21 bits per heavy atom. The molecule has 0 unspecified atom stereocenters. The zero-order valence-corrected chi connectivity index (χ0v) is 17.4. The van der Waals surface area contributed by atoms with Crippen molar-refractivity contribution in [3.05, 3.63) is 67.6 Å². The van der Waals surface area contributed by atoms with Crippen LogP contribution in [0, 0.1) is 0 Å². The molecule has 28 heavy (non-hydrogen) atoms. The van der Waals surface area contributed by atoms with Crippen LogP contribution in [0.2, 0.25) is 5.02 Å². The van der Waals surface area contributed by atoms with Gasteiger partial charge in [0.25, 0.3) is 5.56 Å². The number of nitrogens with zero attached hydrogens (tertiary/aromatic N) is 3. The number of benzene rings is 2. The predicted molar refractivity (Wildman–Crippen MR) is 116 cm³/mol. The molecule has 144 valence electrons. The monoisotopic (exact) mass is 459 g/mol. The first kappa shape index (κ1) is 19.2. The Balaban J connectivity index is 1.84. The second-order valence-electron chi connectivity index (χ2n) is 7.02. The number of fused-ring (bicyclic) bond motifs is 1. The number of halogens is 2. The predicted octanol–water partition coefficient (Wildman–Crippen LogP) is 5.45. The van der Waals surface area contributed by atoms with E-state index in [1.54, 1.807) is 24.4 Å². The molecule has 0 radical (unpaired) electrons. The summed E-state index contributed by atoms with van der Waals surface area (Å²) in [5, 5.41) is 15.0. The summed E-state index contributed by atoms with van der Waals surface area (Å²) in [5.74, 6) is 0.910. The zero-order chi connectivity index (χ0) is 19.7. The minimum Gasteiger partial charge on any atom is -0.505 e. The smallest absolute Gasteiger partial charge is 0.282 e. The third kappa shape index (κ3) is 3.71. The molecule has 2 aromatic carbocycles. The van der Waals surface area contributed by atoms with Crippen LogP contribution in [0.3, 0.4) is 0 Å². The lowest BCUT2D eigenvalue weighted by molar-refractivity contribution is 0.416. The van der Waals surface area contributed by atoms with Crippen molar-refractivity contribution < 1.29 is 5.11 Å². The molecule has 1 N–H and O–H groups in total. The van der Waals surface area contributed by atoms with Crippen LogP contribution in [0.5, 0.6) is 5.75 Å². The first-order chi connectivity index (χ1) is 13.5. The standard InChI is InChI=1S/C21H19BrClN3O2/c22-16-10-13(11-17(23)19(16)27)12-24-26-20(14-6-2-1-3-7-14)25-18-9-5-4-8-15(18)21(26)28/h4-5,8-12,14,27H,1-3,6-7H2. The fraction of sp³-hybridized carbons (Fsp3) is 0.286. The van der Waals surface area contributed by atoms with E-state index in [0.29, 0.717) is 26.8 Å². The van der Waals surface area contributed by atoms with Gasteiger partial charge in [-0.05, 0) is 58.6 Å². The van der Waals surface area contributed by atoms with Gasteiger partial charge in [0.15, 0.2) is 0 Å². The molecule has 0 spiro atoms. The number of phenols is 1. The Kier molecular flexibility index (Phi) is 5.51. The average molecular weight is 461 g/mol. The highest BCUT2D eigenvalue weighted by molar-refractivity contribution is 9.10. The molecule has 0 amide bonds. The molecule has 1 aliphatic carbocycles. The molecule has 1 aromatic heterocycles. The van der Waals surface area contributed by atoms with Crippen LogP contribution in [0.15, 0.2) is 50.8 Å². The van der Waals surface area contributed by atoms with E-state index in [4.69, 9.17) is 16.6 Å². The number of aromatic hydroxyl groups is 1. The molecular weight excluding hydrogens is 442 g/mol. The van der Waals surface area contributed by atoms with Crippen LogP contribution in [0.1, 0.15) is 49.4 Å². The van der Waals surface area contributed by atoms with Gasteiger partial charge >= 0.3 is 0 Å². The van der Waals surface area contributed by atoms with Crippen molar-refractivity contribution in [3.63, 3.8) is 0 Å². The van der Waals surface area contributed by atoms with E-state index >= 15 is 0 Å². The van der Waals surface area contributed by atoms with E-state index < -0.39 is 0 Å². The Morgan fingerprint density at radius 2 is 1.96 bits per heavy atom. The summed E-state index contributed by atoms with van der Waals surface area (Å²) in [6.07, 6.45) is 7.08. The largest absolute Gasteiger partial charge is 0.505 e. The van der Waals surface area contributed by atoms with E-state index in [9.17, 15) is 9.90 Å². The molecule has 1 saturated carbocycles. The topological polar surface area (TPSA) is 67.5 Å². The summed E-state index contributed by atoms with van der Waals surface area (Å²) in [7, 11) is 0. The molecule has 0 atom stereocenters. The fourth-order valence-corrected chi connectivity index (χ4v) is 4.48. The summed E-state index contributed by atoms with van der Waals surface area (Å²) in [6, 6.07) is 10.7. The van der Waals surface area contributed by atoms with Gasteiger partial charge in [-0.2, -0.15) is 9.78 Å². The number of hydrogen-bond acceptors (Lipinski definition) is 4. The van der Waals surface area contributed by atoms with E-state index in [1.165, 1.54) is 11.1 Å². The van der Waals surface area contributed by atoms with Gasteiger partial charge in [0.1, 0.15) is 11.6 Å². The Labute approximate surface area is 175 Å². The van der Waals surface area contributed by atoms with E-state index in [-0.39, 0.29) is 22.2 Å². The maximum atomic E-state index is 13.1. The molecule has 0 saturated heterocycles. The zero-order valence-electron chi connectivity index (χ0n) is 15.1. The van der Waals surface area contributed by atoms with E-state index in [1.807, 2.05) is 18.2 Å². The van der Waals surface area contributed by atoms with Gasteiger partial charge in [0.05, 0.1) is 26.6 Å². The molecular formula is C21H19BrClN3O2. The average Bonchev–Trinajstić information content (AvgIpc) is 2.72. The van der Waals surface area contributed by atoms with Gasteiger partial charge in [0, 0.05) is 5.92 Å². The molecule has 1 fully saturated rings. The summed E-state index contributed by atoms with van der Waals surface area (Å²) in [5.41, 5.74) is 1.20. The number of aromatic nitrogens is 2. The maximum Gasteiger partial charge on any atom is 0.282 e. The number of rotatable bonds is 3. The molecule has 1 heterocycles. The van der Waals surface area contributed by atoms with Gasteiger partial charge in [-0.25, -0.2) is 4.98 Å². The third-order valence-electron chi connectivity index (χ3n) is 5.11. The third-order valence-corrected chi connectivity index (χ3v) is 6.00. The minimum absolute atomic E-state index is 0.0220. The lowest BCUT2D eigenvalue weighted by Gasteiger charge is -2.22. The van der Waals surface area contributed by atoms with Gasteiger partial charge in [-0.15, -0.1) is 0 Å². The van der Waals surface area contributed by atoms with Gasteiger partial charge in [-0.3, -0.25) is 4.79 Å². The number of hydrogen-bond donors (Lipinski definition) is 1. The molecule has 4 rings (SSSR count). The molecule has 7 heteroatoms. The first-order valence-corrected chi connectivity index (χ1v) is 10.5. The molecule has 5 nitrogen and oxygen atoms in total. The van der Waals surface area contributed by atoms with Crippen molar-refractivity contribution in [1.29, 1.82) is 0 Å². The second kappa shape index (κ2) is 8.05. The molecule has 3 aromatic rings. The minimum atomic E-state index is -0.175. The first-order valence-electron chi connectivity index (χ1n) is 9.28. The number of phenolic OH excluding ortho intramolecular Hbond substituents is 1. The van der Waals surface area contributed by atoms with Gasteiger partial charge in [-0.1, -0.05) is 43.0 Å². The van der Waals surface area contributed by atoms with Crippen molar-refractivity contribution in [1.82, 2.24) is 9.66 Å². The highest BCUT2D eigenvalue weighted by Gasteiger charge is 2.22. The summed E-state index contributed by atoms with van der Waals surface area (Å²) >= 11 is 9.31. The van der Waals surface area contributed by atoms with Gasteiger partial charge in [0.2, 0.25) is 0 Å². The lowest BCUT2D eigenvalue weighted by Crippen LogP contribution is -2.25. The van der Waals surface area contributed by atoms with E-state index in [2.05, 4.69) is 21.0 Å². The highest BCUT2D eigenvalue weighted by Crippen LogP contribution is 2.33. The van der Waals surface area contributed by atoms with Crippen LogP contribution < -0.4 is 5.56 Å². The Morgan fingerprint density at radius 3 is 2.71 bits per heavy atom. The summed E-state index contributed by atoms with van der Waals surface area (Å²) in [4.78, 5) is 17.9. The highest BCUT2D eigenvalue weighted by atomic mass is 79.9.